The van der Waals surface area contributed by atoms with E-state index in [1.165, 1.54) is 39.0 Å². The number of hydrogen-bond acceptors (Lipinski definition) is 5. The zero-order valence-corrected chi connectivity index (χ0v) is 13.3. The number of allylic oxidation sites excluding steroid dienone is 2. The van der Waals surface area contributed by atoms with Crippen LogP contribution in [-0.4, -0.2) is 43.1 Å². The molecule has 23 heavy (non-hydrogen) atoms. The van der Waals surface area contributed by atoms with E-state index in [9.17, 15) is 8.78 Å². The number of nitrogens with zero attached hydrogens (tertiary/aromatic N) is 2. The minimum atomic E-state index is -1.74. The molecule has 0 N–H and O–H groups in total. The van der Waals surface area contributed by atoms with Gasteiger partial charge in [0.25, 0.3) is 0 Å². The van der Waals surface area contributed by atoms with Gasteiger partial charge in [0.1, 0.15) is 31.0 Å². The minimum Gasteiger partial charge on any atom is -0.502 e. The number of alkyl halides is 1. The Bertz CT molecular complexity index is 562. The van der Waals surface area contributed by atoms with Gasteiger partial charge < -0.3 is 14.2 Å². The lowest BCUT2D eigenvalue weighted by molar-refractivity contribution is 0.143. The Kier molecular flexibility index (Phi) is 7.90. The fourth-order valence-corrected chi connectivity index (χ4v) is 1.66. The Labute approximate surface area is 134 Å². The van der Waals surface area contributed by atoms with Gasteiger partial charge in [-0.1, -0.05) is 6.08 Å². The summed E-state index contributed by atoms with van der Waals surface area (Å²) in [6.45, 7) is 4.70. The summed E-state index contributed by atoms with van der Waals surface area (Å²) in [5.41, 5.74) is -0.225. The van der Waals surface area contributed by atoms with Crippen LogP contribution < -0.4 is 4.74 Å². The molecule has 0 radical (unpaired) electrons. The monoisotopic (exact) mass is 326 g/mol. The van der Waals surface area contributed by atoms with E-state index in [1.807, 2.05) is 0 Å². The molecule has 0 spiro atoms. The first-order valence-corrected chi connectivity index (χ1v) is 6.81. The van der Waals surface area contributed by atoms with E-state index < -0.39 is 18.1 Å². The maximum absolute atomic E-state index is 14.5. The van der Waals surface area contributed by atoms with Crippen LogP contribution in [0.3, 0.4) is 0 Å². The molecule has 1 heterocycles. The third-order valence-electron chi connectivity index (χ3n) is 2.99. The summed E-state index contributed by atoms with van der Waals surface area (Å²) in [4.78, 5) is 7.54. The largest absolute Gasteiger partial charge is 0.502 e. The topological polar surface area (TPSA) is 53.5 Å². The quantitative estimate of drug-likeness (QED) is 0.515. The molecule has 0 aliphatic heterocycles. The van der Waals surface area contributed by atoms with Gasteiger partial charge in [0, 0.05) is 12.7 Å². The maximum Gasteiger partial charge on any atom is 0.156 e. The van der Waals surface area contributed by atoms with Crippen LogP contribution in [0.2, 0.25) is 0 Å². The van der Waals surface area contributed by atoms with Crippen LogP contribution in [-0.2, 0) is 9.47 Å². The van der Waals surface area contributed by atoms with E-state index in [2.05, 4.69) is 16.5 Å². The molecule has 0 bridgehead atoms. The Hall–Kier alpha value is -2.28. The first-order valence-electron chi connectivity index (χ1n) is 6.81. The number of ether oxygens (including phenoxy) is 3. The average Bonchev–Trinajstić information content (AvgIpc) is 2.57. The highest BCUT2D eigenvalue weighted by Crippen LogP contribution is 2.22. The lowest BCUT2D eigenvalue weighted by Crippen LogP contribution is -2.19. The van der Waals surface area contributed by atoms with Crippen molar-refractivity contribution in [1.82, 2.24) is 9.97 Å². The van der Waals surface area contributed by atoms with Gasteiger partial charge in [-0.15, -0.1) is 6.58 Å². The van der Waals surface area contributed by atoms with Crippen molar-refractivity contribution in [2.45, 2.75) is 19.2 Å². The lowest BCUT2D eigenvalue weighted by atomic mass is 10.1. The first-order chi connectivity index (χ1) is 11.0. The molecule has 0 fully saturated rings. The Morgan fingerprint density at radius 2 is 2.00 bits per heavy atom. The van der Waals surface area contributed by atoms with Crippen molar-refractivity contribution in [2.24, 2.45) is 0 Å². The van der Waals surface area contributed by atoms with Crippen molar-refractivity contribution in [1.29, 1.82) is 0 Å². The van der Waals surface area contributed by atoms with Crippen molar-refractivity contribution in [3.63, 3.8) is 0 Å². The van der Waals surface area contributed by atoms with E-state index in [1.54, 1.807) is 6.92 Å². The molecule has 7 heteroatoms. The highest BCUT2D eigenvalue weighted by Gasteiger charge is 2.23. The highest BCUT2D eigenvalue weighted by molar-refractivity contribution is 5.26. The predicted molar refractivity (Wildman–Crippen MR) is 82.3 cm³/mol. The van der Waals surface area contributed by atoms with Crippen molar-refractivity contribution < 1.29 is 23.0 Å². The number of rotatable bonds is 9. The normalized spacial score (nSPS) is 15.4. The third kappa shape index (κ3) is 5.78. The van der Waals surface area contributed by atoms with Crippen molar-refractivity contribution >= 4 is 0 Å². The molecule has 2 unspecified atom stereocenters. The zero-order valence-electron chi connectivity index (χ0n) is 13.3. The van der Waals surface area contributed by atoms with Crippen LogP contribution in [0.5, 0.6) is 5.75 Å². The standard InChI is InChI=1S/C16H20F2N2O3/c1-5-15(22-4)16(18)13(14(17)6-11(2)21-3)9-23-12-7-19-10-20-8-12/h5-8,10,14-15H,1,9H2,2-4H3/b11-6?,16-13+. The third-order valence-corrected chi connectivity index (χ3v) is 2.99. The summed E-state index contributed by atoms with van der Waals surface area (Å²) < 4.78 is 44.1. The first kappa shape index (κ1) is 18.8. The highest BCUT2D eigenvalue weighted by atomic mass is 19.1. The van der Waals surface area contributed by atoms with Gasteiger partial charge in [0.15, 0.2) is 5.75 Å². The van der Waals surface area contributed by atoms with Gasteiger partial charge in [-0.25, -0.2) is 18.7 Å². The molecule has 2 atom stereocenters. The Morgan fingerprint density at radius 3 is 2.52 bits per heavy atom. The van der Waals surface area contributed by atoms with Crippen molar-refractivity contribution in [2.75, 3.05) is 20.8 Å². The van der Waals surface area contributed by atoms with Gasteiger partial charge in [-0.05, 0) is 13.0 Å². The van der Waals surface area contributed by atoms with Crippen LogP contribution in [0.1, 0.15) is 6.92 Å². The molecule has 0 aliphatic carbocycles. The fraction of sp³-hybridized carbons (Fsp3) is 0.375. The van der Waals surface area contributed by atoms with Crippen LogP contribution in [0.4, 0.5) is 8.78 Å². The van der Waals surface area contributed by atoms with Gasteiger partial charge in [-0.3, -0.25) is 0 Å². The molecule has 0 saturated carbocycles. The molecular weight excluding hydrogens is 306 g/mol. The van der Waals surface area contributed by atoms with E-state index >= 15 is 0 Å². The molecule has 1 aromatic heterocycles. The summed E-state index contributed by atoms with van der Waals surface area (Å²) in [6.07, 6.45) is 3.70. The number of halogens is 2. The fourth-order valence-electron chi connectivity index (χ4n) is 1.66. The summed E-state index contributed by atoms with van der Waals surface area (Å²) in [6, 6.07) is 0. The minimum absolute atomic E-state index is 0.225. The molecule has 0 aromatic carbocycles. The number of hydrogen-bond donors (Lipinski definition) is 0. The van der Waals surface area contributed by atoms with Crippen LogP contribution in [0.15, 0.2) is 54.6 Å². The SMILES string of the molecule is C=CC(OC)/C(F)=C(/COc1cncnc1)C(F)C=C(C)OC. The zero-order chi connectivity index (χ0) is 17.2. The molecule has 0 amide bonds. The van der Waals surface area contributed by atoms with Crippen molar-refractivity contribution in [3.8, 4) is 5.75 Å². The molecule has 1 aromatic rings. The van der Waals surface area contributed by atoms with Gasteiger partial charge in [-0.2, -0.15) is 0 Å². The summed E-state index contributed by atoms with van der Waals surface area (Å²) in [5, 5.41) is 0. The average molecular weight is 326 g/mol. The van der Waals surface area contributed by atoms with Crippen LogP contribution in [0, 0.1) is 0 Å². The summed E-state index contributed by atoms with van der Waals surface area (Å²) in [7, 11) is 2.71. The van der Waals surface area contributed by atoms with Crippen molar-refractivity contribution in [3.05, 3.63) is 54.6 Å². The molecule has 0 aliphatic rings. The number of aromatic nitrogens is 2. The molecule has 1 rings (SSSR count). The molecular formula is C16H20F2N2O3. The van der Waals surface area contributed by atoms with Gasteiger partial charge >= 0.3 is 0 Å². The van der Waals surface area contributed by atoms with E-state index in [0.717, 1.165) is 6.08 Å². The maximum atomic E-state index is 14.5. The van der Waals surface area contributed by atoms with Gasteiger partial charge in [0.2, 0.25) is 0 Å². The smallest absolute Gasteiger partial charge is 0.156 e. The van der Waals surface area contributed by atoms with Crippen LogP contribution >= 0.6 is 0 Å². The Balaban J connectivity index is 3.05. The predicted octanol–water partition coefficient (Wildman–Crippen LogP) is 3.17. The summed E-state index contributed by atoms with van der Waals surface area (Å²) >= 11 is 0. The molecule has 0 saturated heterocycles. The second-order valence-corrected chi connectivity index (χ2v) is 4.51. The van der Waals surface area contributed by atoms with E-state index in [-0.39, 0.29) is 12.2 Å². The van der Waals surface area contributed by atoms with Gasteiger partial charge in [0.05, 0.1) is 25.3 Å². The molecule has 5 nitrogen and oxygen atoms in total. The molecule has 126 valence electrons. The second kappa shape index (κ2) is 9.68. The number of methoxy groups -OCH3 is 2. The van der Waals surface area contributed by atoms with E-state index in [0.29, 0.717) is 11.5 Å². The summed E-state index contributed by atoms with van der Waals surface area (Å²) in [5.74, 6) is -0.185. The second-order valence-electron chi connectivity index (χ2n) is 4.51. The Morgan fingerprint density at radius 1 is 1.35 bits per heavy atom. The van der Waals surface area contributed by atoms with E-state index in [4.69, 9.17) is 14.2 Å². The van der Waals surface area contributed by atoms with Crippen LogP contribution in [0.25, 0.3) is 0 Å². The lowest BCUT2D eigenvalue weighted by Gasteiger charge is -2.17.